The van der Waals surface area contributed by atoms with Crippen molar-refractivity contribution in [3.8, 4) is 0 Å². The van der Waals surface area contributed by atoms with E-state index < -0.39 is 11.4 Å². The average molecular weight is 249 g/mol. The number of carboxylic acids is 1. The summed E-state index contributed by atoms with van der Waals surface area (Å²) in [4.78, 5) is 24.2. The van der Waals surface area contributed by atoms with Crippen molar-refractivity contribution in [3.63, 3.8) is 0 Å². The van der Waals surface area contributed by atoms with Gasteiger partial charge >= 0.3 is 5.97 Å². The van der Waals surface area contributed by atoms with Gasteiger partial charge in [-0.3, -0.25) is 9.59 Å². The minimum absolute atomic E-state index is 0.195. The molecule has 0 aliphatic rings. The fourth-order valence-electron chi connectivity index (χ4n) is 2.14. The van der Waals surface area contributed by atoms with Gasteiger partial charge < -0.3 is 10.0 Å². The van der Waals surface area contributed by atoms with Crippen molar-refractivity contribution in [1.29, 1.82) is 0 Å². The number of benzene rings is 1. The summed E-state index contributed by atoms with van der Waals surface area (Å²) < 4.78 is 0. The first-order chi connectivity index (χ1) is 8.26. The topological polar surface area (TPSA) is 57.6 Å². The van der Waals surface area contributed by atoms with Gasteiger partial charge in [-0.15, -0.1) is 0 Å². The maximum absolute atomic E-state index is 12.3. The first-order valence-electron chi connectivity index (χ1n) is 5.80. The highest BCUT2D eigenvalue weighted by molar-refractivity contribution is 5.89. The van der Waals surface area contributed by atoms with Crippen molar-refractivity contribution < 1.29 is 14.7 Å². The first-order valence-corrected chi connectivity index (χ1v) is 5.80. The number of carbonyl (C=O) groups is 2. The number of likely N-dealkylation sites (N-methyl/N-ethyl adjacent to an activating group) is 1. The van der Waals surface area contributed by atoms with Gasteiger partial charge in [0.25, 0.3) is 0 Å². The molecule has 0 aliphatic carbocycles. The normalized spacial score (nSPS) is 11.1. The molecule has 0 spiro atoms. The fourth-order valence-corrected chi connectivity index (χ4v) is 2.14. The molecular formula is C14H19NO3. The maximum atomic E-state index is 12.3. The fraction of sp³-hybridized carbons (Fsp3) is 0.429. The largest absolute Gasteiger partial charge is 0.480 e. The summed E-state index contributed by atoms with van der Waals surface area (Å²) in [6, 6.07) is 7.65. The zero-order valence-corrected chi connectivity index (χ0v) is 11.2. The smallest absolute Gasteiger partial charge is 0.323 e. The molecule has 0 heterocycles. The van der Waals surface area contributed by atoms with Crippen LogP contribution in [0.25, 0.3) is 0 Å². The van der Waals surface area contributed by atoms with Crippen LogP contribution in [0, 0.1) is 6.92 Å². The molecule has 0 aromatic heterocycles. The summed E-state index contributed by atoms with van der Waals surface area (Å²) in [5.74, 6) is -1.20. The van der Waals surface area contributed by atoms with Gasteiger partial charge in [0.15, 0.2) is 0 Å². The quantitative estimate of drug-likeness (QED) is 0.885. The molecule has 18 heavy (non-hydrogen) atoms. The van der Waals surface area contributed by atoms with Crippen molar-refractivity contribution in [2.75, 3.05) is 13.6 Å². The summed E-state index contributed by atoms with van der Waals surface area (Å²) in [6.45, 7) is 5.29. The highest BCUT2D eigenvalue weighted by Crippen LogP contribution is 2.27. The Bertz CT molecular complexity index is 466. The van der Waals surface area contributed by atoms with Crippen LogP contribution in [0.2, 0.25) is 0 Å². The van der Waals surface area contributed by atoms with E-state index >= 15 is 0 Å². The Balaban J connectivity index is 3.03. The van der Waals surface area contributed by atoms with Crippen LogP contribution in [-0.2, 0) is 15.0 Å². The molecule has 0 unspecified atom stereocenters. The van der Waals surface area contributed by atoms with Crippen LogP contribution < -0.4 is 0 Å². The lowest BCUT2D eigenvalue weighted by atomic mass is 9.81. The zero-order valence-electron chi connectivity index (χ0n) is 11.2. The molecule has 0 aliphatic heterocycles. The number of amides is 1. The SMILES string of the molecule is Cc1ccccc1C(C)(C)C(=O)N(C)CC(=O)O. The third-order valence-corrected chi connectivity index (χ3v) is 3.07. The number of hydrogen-bond acceptors (Lipinski definition) is 2. The summed E-state index contributed by atoms with van der Waals surface area (Å²) in [5, 5.41) is 8.73. The van der Waals surface area contributed by atoms with Gasteiger partial charge in [-0.25, -0.2) is 0 Å². The zero-order chi connectivity index (χ0) is 13.9. The van der Waals surface area contributed by atoms with E-state index in [-0.39, 0.29) is 12.5 Å². The van der Waals surface area contributed by atoms with Crippen molar-refractivity contribution in [2.45, 2.75) is 26.2 Å². The van der Waals surface area contributed by atoms with E-state index in [4.69, 9.17) is 5.11 Å². The number of carboxylic acid groups (broad SMARTS) is 1. The van der Waals surface area contributed by atoms with E-state index in [1.165, 1.54) is 11.9 Å². The summed E-state index contributed by atoms with van der Waals surface area (Å²) in [7, 11) is 1.51. The molecule has 1 N–H and O–H groups in total. The standard InChI is InChI=1S/C14H19NO3/c1-10-7-5-6-8-11(10)14(2,3)13(18)15(4)9-12(16)17/h5-8H,9H2,1-4H3,(H,16,17). The molecule has 1 rings (SSSR count). The molecule has 1 aromatic rings. The third-order valence-electron chi connectivity index (χ3n) is 3.07. The number of rotatable bonds is 4. The molecule has 1 amide bonds. The minimum atomic E-state index is -1.01. The lowest BCUT2D eigenvalue weighted by molar-refractivity contribution is -0.145. The lowest BCUT2D eigenvalue weighted by Crippen LogP contribution is -2.43. The van der Waals surface area contributed by atoms with Crippen LogP contribution >= 0.6 is 0 Å². The molecule has 0 fully saturated rings. The van der Waals surface area contributed by atoms with E-state index in [0.29, 0.717) is 0 Å². The first kappa shape index (κ1) is 14.2. The van der Waals surface area contributed by atoms with Gasteiger partial charge in [-0.05, 0) is 31.9 Å². The van der Waals surface area contributed by atoms with E-state index in [2.05, 4.69) is 0 Å². The number of carbonyl (C=O) groups excluding carboxylic acids is 1. The minimum Gasteiger partial charge on any atom is -0.480 e. The lowest BCUT2D eigenvalue weighted by Gasteiger charge is -2.30. The average Bonchev–Trinajstić information content (AvgIpc) is 2.27. The summed E-state index contributed by atoms with van der Waals surface area (Å²) in [6.07, 6.45) is 0. The van der Waals surface area contributed by atoms with Crippen molar-refractivity contribution in [3.05, 3.63) is 35.4 Å². The van der Waals surface area contributed by atoms with Crippen LogP contribution in [-0.4, -0.2) is 35.5 Å². The molecule has 0 radical (unpaired) electrons. The van der Waals surface area contributed by atoms with E-state index in [1.807, 2.05) is 45.0 Å². The number of hydrogen-bond donors (Lipinski definition) is 1. The van der Waals surface area contributed by atoms with Crippen LogP contribution in [0.15, 0.2) is 24.3 Å². The summed E-state index contributed by atoms with van der Waals surface area (Å²) >= 11 is 0. The number of aliphatic carboxylic acids is 1. The molecule has 0 bridgehead atoms. The van der Waals surface area contributed by atoms with Crippen molar-refractivity contribution in [1.82, 2.24) is 4.90 Å². The monoisotopic (exact) mass is 249 g/mol. The molecule has 1 aromatic carbocycles. The van der Waals surface area contributed by atoms with Gasteiger partial charge in [0, 0.05) is 7.05 Å². The second-order valence-corrected chi connectivity index (χ2v) is 4.99. The van der Waals surface area contributed by atoms with Crippen LogP contribution in [0.3, 0.4) is 0 Å². The van der Waals surface area contributed by atoms with E-state index in [0.717, 1.165) is 11.1 Å². The molecule has 0 saturated carbocycles. The van der Waals surface area contributed by atoms with Crippen molar-refractivity contribution in [2.24, 2.45) is 0 Å². The van der Waals surface area contributed by atoms with Gasteiger partial charge in [-0.2, -0.15) is 0 Å². The predicted molar refractivity (Wildman–Crippen MR) is 69.5 cm³/mol. The van der Waals surface area contributed by atoms with Gasteiger partial charge in [0.1, 0.15) is 6.54 Å². The highest BCUT2D eigenvalue weighted by Gasteiger charge is 2.33. The second kappa shape index (κ2) is 5.21. The Morgan fingerprint density at radius 3 is 2.33 bits per heavy atom. The Kier molecular flexibility index (Phi) is 4.11. The molecule has 98 valence electrons. The van der Waals surface area contributed by atoms with Crippen LogP contribution in [0.5, 0.6) is 0 Å². The Morgan fingerprint density at radius 2 is 1.83 bits per heavy atom. The molecule has 0 saturated heterocycles. The Morgan fingerprint density at radius 1 is 1.28 bits per heavy atom. The predicted octanol–water partition coefficient (Wildman–Crippen LogP) is 1.82. The van der Waals surface area contributed by atoms with Crippen LogP contribution in [0.4, 0.5) is 0 Å². The third kappa shape index (κ3) is 2.88. The van der Waals surface area contributed by atoms with E-state index in [9.17, 15) is 9.59 Å². The second-order valence-electron chi connectivity index (χ2n) is 4.99. The molecule has 4 heteroatoms. The maximum Gasteiger partial charge on any atom is 0.323 e. The van der Waals surface area contributed by atoms with Crippen LogP contribution in [0.1, 0.15) is 25.0 Å². The van der Waals surface area contributed by atoms with Gasteiger partial charge in [-0.1, -0.05) is 24.3 Å². The highest BCUT2D eigenvalue weighted by atomic mass is 16.4. The van der Waals surface area contributed by atoms with Crippen molar-refractivity contribution >= 4 is 11.9 Å². The Labute approximate surface area is 107 Å². The Hall–Kier alpha value is -1.84. The van der Waals surface area contributed by atoms with E-state index in [1.54, 1.807) is 0 Å². The number of aryl methyl sites for hydroxylation is 1. The molecule has 4 nitrogen and oxygen atoms in total. The van der Waals surface area contributed by atoms with Gasteiger partial charge in [0.2, 0.25) is 5.91 Å². The van der Waals surface area contributed by atoms with Gasteiger partial charge in [0.05, 0.1) is 5.41 Å². The summed E-state index contributed by atoms with van der Waals surface area (Å²) in [5.41, 5.74) is 1.22. The number of nitrogens with zero attached hydrogens (tertiary/aromatic N) is 1. The molecular weight excluding hydrogens is 230 g/mol. The molecule has 0 atom stereocenters.